The van der Waals surface area contributed by atoms with Crippen LogP contribution in [0.5, 0.6) is 5.75 Å². The molecule has 2 aliphatic heterocycles. The highest BCUT2D eigenvalue weighted by molar-refractivity contribution is 6.31. The summed E-state index contributed by atoms with van der Waals surface area (Å²) < 4.78 is 35.2. The van der Waals surface area contributed by atoms with Crippen LogP contribution in [-0.4, -0.2) is 50.8 Å². The zero-order chi connectivity index (χ0) is 21.9. The van der Waals surface area contributed by atoms with Gasteiger partial charge in [0, 0.05) is 24.7 Å². The van der Waals surface area contributed by atoms with Crippen LogP contribution in [0, 0.1) is 19.7 Å². The molecule has 7 nitrogen and oxygen atoms in total. The third-order valence-electron chi connectivity index (χ3n) is 5.78. The summed E-state index contributed by atoms with van der Waals surface area (Å²) in [4.78, 5) is 19.4. The summed E-state index contributed by atoms with van der Waals surface area (Å²) >= 11 is 6.29. The first kappa shape index (κ1) is 22.7. The molecule has 0 unspecified atom stereocenters. The topological polar surface area (TPSA) is 71.8 Å². The summed E-state index contributed by atoms with van der Waals surface area (Å²) in [6.45, 7) is 4.74. The quantitative estimate of drug-likeness (QED) is 0.617. The van der Waals surface area contributed by atoms with Crippen molar-refractivity contribution in [1.29, 1.82) is 0 Å². The van der Waals surface area contributed by atoms with Gasteiger partial charge in [0.05, 0.1) is 40.8 Å². The minimum Gasteiger partial charge on any atom is -0.485 e. The maximum absolute atomic E-state index is 14.0. The van der Waals surface area contributed by atoms with Crippen molar-refractivity contribution in [2.45, 2.75) is 39.2 Å². The Morgan fingerprint density at radius 1 is 1.28 bits per heavy atom. The first-order valence-electron chi connectivity index (χ1n) is 9.97. The lowest BCUT2D eigenvalue weighted by Gasteiger charge is -2.21. The molecule has 2 aromatic heterocycles. The third kappa shape index (κ3) is 3.68. The Labute approximate surface area is 194 Å². The van der Waals surface area contributed by atoms with E-state index in [9.17, 15) is 13.6 Å². The van der Waals surface area contributed by atoms with Crippen molar-refractivity contribution in [3.05, 3.63) is 57.2 Å². The predicted octanol–water partition coefficient (Wildman–Crippen LogP) is 3.41. The second-order valence-electron chi connectivity index (χ2n) is 7.89. The van der Waals surface area contributed by atoms with E-state index < -0.39 is 18.1 Å². The van der Waals surface area contributed by atoms with Crippen LogP contribution in [-0.2, 0) is 13.1 Å². The van der Waals surface area contributed by atoms with E-state index in [1.807, 2.05) is 13.8 Å². The van der Waals surface area contributed by atoms with E-state index in [1.54, 1.807) is 9.42 Å². The molecule has 170 valence electrons. The number of fused-ring (bicyclic) bond motifs is 3. The highest BCUT2D eigenvalue weighted by atomic mass is 35.5. The van der Waals surface area contributed by atoms with Crippen LogP contribution >= 0.6 is 24.0 Å². The van der Waals surface area contributed by atoms with Gasteiger partial charge in [-0.1, -0.05) is 11.6 Å². The van der Waals surface area contributed by atoms with Crippen molar-refractivity contribution in [2.75, 3.05) is 13.1 Å². The number of nitrogens with one attached hydrogen (secondary N) is 1. The zero-order valence-electron chi connectivity index (χ0n) is 17.4. The maximum atomic E-state index is 14.0. The molecule has 1 saturated heterocycles. The molecule has 2 aliphatic rings. The van der Waals surface area contributed by atoms with E-state index in [1.165, 1.54) is 12.1 Å². The summed E-state index contributed by atoms with van der Waals surface area (Å²) in [6.07, 6.45) is -1.99. The van der Waals surface area contributed by atoms with E-state index in [0.717, 1.165) is 23.0 Å². The van der Waals surface area contributed by atoms with Gasteiger partial charge in [0.1, 0.15) is 17.7 Å². The Kier molecular flexibility index (Phi) is 6.00. The molecule has 0 aliphatic carbocycles. The fourth-order valence-corrected chi connectivity index (χ4v) is 4.22. The number of carbonyl (C=O) groups excluding carboxylic acids is 1. The van der Waals surface area contributed by atoms with Crippen molar-refractivity contribution in [3.8, 4) is 5.75 Å². The summed E-state index contributed by atoms with van der Waals surface area (Å²) in [5.41, 5.74) is 3.92. The first-order valence-corrected chi connectivity index (χ1v) is 10.3. The van der Waals surface area contributed by atoms with Crippen LogP contribution in [0.2, 0.25) is 5.02 Å². The van der Waals surface area contributed by atoms with E-state index in [4.69, 9.17) is 16.3 Å². The molecule has 1 amide bonds. The lowest BCUT2D eigenvalue weighted by atomic mass is 10.1. The number of halogens is 4. The SMILES string of the molecule is Cc1nc2c3c(nn2c(C)c1Cl)CN(C(=O)c1ccc(F)cc1O[C@H]1CNC[C@@H]1F)C3.Cl. The average Bonchev–Trinajstić information content (AvgIpc) is 3.42. The Morgan fingerprint density at radius 3 is 2.78 bits per heavy atom. The maximum Gasteiger partial charge on any atom is 0.258 e. The normalized spacial score (nSPS) is 19.8. The molecule has 32 heavy (non-hydrogen) atoms. The van der Waals surface area contributed by atoms with E-state index >= 15 is 0 Å². The van der Waals surface area contributed by atoms with Gasteiger partial charge in [0.2, 0.25) is 0 Å². The number of ether oxygens (including phenoxy) is 1. The lowest BCUT2D eigenvalue weighted by molar-refractivity contribution is 0.0737. The van der Waals surface area contributed by atoms with Crippen LogP contribution in [0.25, 0.3) is 5.65 Å². The molecule has 0 saturated carbocycles. The van der Waals surface area contributed by atoms with Crippen molar-refractivity contribution in [2.24, 2.45) is 0 Å². The number of hydrogen-bond donors (Lipinski definition) is 1. The van der Waals surface area contributed by atoms with Crippen molar-refractivity contribution >= 4 is 35.6 Å². The monoisotopic (exact) mass is 483 g/mol. The molecule has 1 fully saturated rings. The number of aromatic nitrogens is 3. The van der Waals surface area contributed by atoms with Gasteiger partial charge in [-0.2, -0.15) is 5.10 Å². The van der Waals surface area contributed by atoms with Gasteiger partial charge in [-0.05, 0) is 26.0 Å². The number of aryl methyl sites for hydroxylation is 2. The lowest BCUT2D eigenvalue weighted by Crippen LogP contribution is -2.30. The molecular weight excluding hydrogens is 463 g/mol. The van der Waals surface area contributed by atoms with E-state index in [0.29, 0.717) is 29.5 Å². The highest BCUT2D eigenvalue weighted by Crippen LogP contribution is 2.32. The van der Waals surface area contributed by atoms with Crippen LogP contribution in [0.1, 0.15) is 33.0 Å². The average molecular weight is 484 g/mol. The van der Waals surface area contributed by atoms with Gasteiger partial charge in [0.25, 0.3) is 5.91 Å². The summed E-state index contributed by atoms with van der Waals surface area (Å²) in [7, 11) is 0. The molecular formula is C21H21Cl2F2N5O2. The molecule has 1 aromatic carbocycles. The van der Waals surface area contributed by atoms with E-state index in [2.05, 4.69) is 15.4 Å². The standard InChI is InChI=1S/C21H20ClF2N5O2.ClH/c1-10-19(22)11(2)29-20(26-10)14-8-28(9-16(14)27-29)21(30)13-4-3-12(23)5-17(13)31-18-7-25-6-15(18)24;/h3-5,15,18,25H,6-9H2,1-2H3;1H/t15-,18-;/m0./s1. The minimum atomic E-state index is -1.22. The van der Waals surface area contributed by atoms with Crippen molar-refractivity contribution in [3.63, 3.8) is 0 Å². The van der Waals surface area contributed by atoms with Crippen LogP contribution in [0.3, 0.4) is 0 Å². The molecule has 2 atom stereocenters. The molecule has 0 radical (unpaired) electrons. The van der Waals surface area contributed by atoms with Crippen LogP contribution in [0.4, 0.5) is 8.78 Å². The molecule has 3 aromatic rings. The van der Waals surface area contributed by atoms with Gasteiger partial charge in [-0.3, -0.25) is 4.79 Å². The van der Waals surface area contributed by atoms with Crippen LogP contribution in [0.15, 0.2) is 18.2 Å². The van der Waals surface area contributed by atoms with Gasteiger partial charge in [-0.25, -0.2) is 18.3 Å². The summed E-state index contributed by atoms with van der Waals surface area (Å²) in [6, 6.07) is 3.70. The fourth-order valence-electron chi connectivity index (χ4n) is 4.10. The molecule has 1 N–H and O–H groups in total. The third-order valence-corrected chi connectivity index (χ3v) is 6.33. The Balaban J connectivity index is 0.00000245. The van der Waals surface area contributed by atoms with E-state index in [-0.39, 0.29) is 42.7 Å². The minimum absolute atomic E-state index is 0. The molecule has 0 spiro atoms. The second kappa shape index (κ2) is 8.46. The van der Waals surface area contributed by atoms with Crippen molar-refractivity contribution in [1.82, 2.24) is 24.8 Å². The van der Waals surface area contributed by atoms with Gasteiger partial charge < -0.3 is 15.0 Å². The number of nitrogens with zero attached hydrogens (tertiary/aromatic N) is 4. The molecule has 4 heterocycles. The Bertz CT molecular complexity index is 1220. The predicted molar refractivity (Wildman–Crippen MR) is 117 cm³/mol. The summed E-state index contributed by atoms with van der Waals surface area (Å²) in [5, 5.41) is 8.02. The molecule has 0 bridgehead atoms. The summed E-state index contributed by atoms with van der Waals surface area (Å²) in [5.74, 6) is -0.853. The van der Waals surface area contributed by atoms with Crippen molar-refractivity contribution < 1.29 is 18.3 Å². The number of hydrogen-bond acceptors (Lipinski definition) is 5. The fraction of sp³-hybridized carbons (Fsp3) is 0.381. The van der Waals surface area contributed by atoms with Gasteiger partial charge >= 0.3 is 0 Å². The number of rotatable bonds is 3. The molecule has 5 rings (SSSR count). The number of benzene rings is 1. The smallest absolute Gasteiger partial charge is 0.258 e. The Hall–Kier alpha value is -2.49. The number of amides is 1. The Morgan fingerprint density at radius 2 is 2.06 bits per heavy atom. The number of carbonyl (C=O) groups is 1. The van der Waals surface area contributed by atoms with Gasteiger partial charge in [-0.15, -0.1) is 12.4 Å². The zero-order valence-corrected chi connectivity index (χ0v) is 18.9. The van der Waals surface area contributed by atoms with Crippen LogP contribution < -0.4 is 10.1 Å². The molecule has 11 heteroatoms. The second-order valence-corrected chi connectivity index (χ2v) is 8.27. The highest BCUT2D eigenvalue weighted by Gasteiger charge is 2.33. The largest absolute Gasteiger partial charge is 0.485 e. The first-order chi connectivity index (χ1) is 14.8. The number of alkyl halides is 1. The van der Waals surface area contributed by atoms with Gasteiger partial charge in [0.15, 0.2) is 11.8 Å².